The van der Waals surface area contributed by atoms with E-state index in [0.717, 1.165) is 17.3 Å². The van der Waals surface area contributed by atoms with E-state index in [1.807, 2.05) is 20.8 Å². The molecular weight excluding hydrogens is 313 g/mol. The first-order chi connectivity index (χ1) is 6.43. The molecule has 3 nitrogen and oxygen atoms in total. The van der Waals surface area contributed by atoms with Gasteiger partial charge in [-0.25, -0.2) is 13.1 Å². The summed E-state index contributed by atoms with van der Waals surface area (Å²) < 4.78 is 26.7. The lowest BCUT2D eigenvalue weighted by atomic mass is 10.1. The zero-order valence-electron chi connectivity index (χ0n) is 9.09. The molecule has 1 atom stereocenters. The minimum Gasteiger partial charge on any atom is -0.212 e. The molecule has 1 N–H and O–H groups in total. The van der Waals surface area contributed by atoms with Crippen LogP contribution in [0.4, 0.5) is 0 Å². The van der Waals surface area contributed by atoms with Crippen LogP contribution in [0, 0.1) is 5.92 Å². The van der Waals surface area contributed by atoms with Crippen molar-refractivity contribution in [3.63, 3.8) is 0 Å². The SMILES string of the molecule is CCCCS(=O)(=O)NC(CI)C(C)C. The molecule has 0 rings (SSSR count). The van der Waals surface area contributed by atoms with Gasteiger partial charge < -0.3 is 0 Å². The molecule has 0 aliphatic rings. The monoisotopic (exact) mass is 333 g/mol. The van der Waals surface area contributed by atoms with Gasteiger partial charge in [-0.3, -0.25) is 0 Å². The van der Waals surface area contributed by atoms with Crippen molar-refractivity contribution in [3.8, 4) is 0 Å². The van der Waals surface area contributed by atoms with Crippen molar-refractivity contribution in [2.75, 3.05) is 10.2 Å². The number of sulfonamides is 1. The van der Waals surface area contributed by atoms with Crippen molar-refractivity contribution < 1.29 is 8.42 Å². The molecule has 0 fully saturated rings. The Labute approximate surface area is 101 Å². The van der Waals surface area contributed by atoms with Crippen LogP contribution in [-0.4, -0.2) is 24.6 Å². The van der Waals surface area contributed by atoms with Crippen molar-refractivity contribution in [3.05, 3.63) is 0 Å². The first-order valence-corrected chi connectivity index (χ1v) is 8.16. The fourth-order valence-electron chi connectivity index (χ4n) is 0.970. The van der Waals surface area contributed by atoms with Gasteiger partial charge in [-0.05, 0) is 12.3 Å². The molecule has 0 aromatic heterocycles. The molecule has 5 heteroatoms. The summed E-state index contributed by atoms with van der Waals surface area (Å²) in [5, 5.41) is 0. The van der Waals surface area contributed by atoms with Gasteiger partial charge in [0.2, 0.25) is 10.0 Å². The summed E-state index contributed by atoms with van der Waals surface area (Å²) >= 11 is 2.22. The van der Waals surface area contributed by atoms with Crippen LogP contribution in [0.2, 0.25) is 0 Å². The Hall–Kier alpha value is 0.640. The van der Waals surface area contributed by atoms with Crippen LogP contribution < -0.4 is 4.72 Å². The largest absolute Gasteiger partial charge is 0.212 e. The minimum absolute atomic E-state index is 0.0671. The van der Waals surface area contributed by atoms with E-state index in [0.29, 0.717) is 5.92 Å². The molecule has 0 aliphatic carbocycles. The Bertz CT molecular complexity index is 239. The predicted molar refractivity (Wildman–Crippen MR) is 69.3 cm³/mol. The lowest BCUT2D eigenvalue weighted by molar-refractivity contribution is 0.485. The zero-order chi connectivity index (χ0) is 11.2. The van der Waals surface area contributed by atoms with Crippen LogP contribution in [0.15, 0.2) is 0 Å². The Balaban J connectivity index is 4.18. The van der Waals surface area contributed by atoms with E-state index >= 15 is 0 Å². The Morgan fingerprint density at radius 1 is 1.36 bits per heavy atom. The second-order valence-electron chi connectivity index (χ2n) is 3.80. The highest BCUT2D eigenvalue weighted by Gasteiger charge is 2.18. The number of rotatable bonds is 7. The molecule has 0 amide bonds. The van der Waals surface area contributed by atoms with E-state index in [4.69, 9.17) is 0 Å². The second kappa shape index (κ2) is 7.00. The molecule has 0 saturated carbocycles. The summed E-state index contributed by atoms with van der Waals surface area (Å²) in [5.74, 6) is 0.604. The van der Waals surface area contributed by atoms with E-state index < -0.39 is 10.0 Å². The normalized spacial score (nSPS) is 14.6. The number of alkyl halides is 1. The number of unbranched alkanes of at least 4 members (excludes halogenated alkanes) is 1. The first kappa shape index (κ1) is 14.6. The molecule has 0 radical (unpaired) electrons. The molecule has 0 bridgehead atoms. The molecule has 86 valence electrons. The van der Waals surface area contributed by atoms with Gasteiger partial charge in [0, 0.05) is 10.5 Å². The van der Waals surface area contributed by atoms with Crippen molar-refractivity contribution in [2.45, 2.75) is 39.7 Å². The minimum atomic E-state index is -3.05. The molecule has 0 aromatic rings. The molecule has 0 saturated heterocycles. The van der Waals surface area contributed by atoms with E-state index in [1.54, 1.807) is 0 Å². The highest BCUT2D eigenvalue weighted by Crippen LogP contribution is 2.07. The van der Waals surface area contributed by atoms with E-state index in [1.165, 1.54) is 0 Å². The highest BCUT2D eigenvalue weighted by atomic mass is 127. The van der Waals surface area contributed by atoms with E-state index in [2.05, 4.69) is 27.3 Å². The summed E-state index contributed by atoms with van der Waals surface area (Å²) in [6.45, 7) is 6.06. The van der Waals surface area contributed by atoms with Crippen molar-refractivity contribution in [2.24, 2.45) is 5.92 Å². The fraction of sp³-hybridized carbons (Fsp3) is 1.00. The van der Waals surface area contributed by atoms with Crippen molar-refractivity contribution >= 4 is 32.6 Å². The van der Waals surface area contributed by atoms with Gasteiger partial charge in [0.15, 0.2) is 0 Å². The molecule has 0 spiro atoms. The van der Waals surface area contributed by atoms with Gasteiger partial charge in [-0.1, -0.05) is 49.8 Å². The molecule has 14 heavy (non-hydrogen) atoms. The first-order valence-electron chi connectivity index (χ1n) is 4.99. The van der Waals surface area contributed by atoms with Crippen LogP contribution in [0.3, 0.4) is 0 Å². The average Bonchev–Trinajstić information content (AvgIpc) is 2.10. The van der Waals surface area contributed by atoms with Crippen molar-refractivity contribution in [1.82, 2.24) is 4.72 Å². The molecule has 0 heterocycles. The third kappa shape index (κ3) is 6.19. The lowest BCUT2D eigenvalue weighted by Gasteiger charge is -2.19. The predicted octanol–water partition coefficient (Wildman–Crippen LogP) is 2.17. The third-order valence-electron chi connectivity index (χ3n) is 2.07. The topological polar surface area (TPSA) is 46.2 Å². The van der Waals surface area contributed by atoms with E-state index in [9.17, 15) is 8.42 Å². The summed E-state index contributed by atoms with van der Waals surface area (Å²) in [5.41, 5.74) is 0. The summed E-state index contributed by atoms with van der Waals surface area (Å²) in [4.78, 5) is 0. The van der Waals surface area contributed by atoms with Crippen LogP contribution >= 0.6 is 22.6 Å². The van der Waals surface area contributed by atoms with Gasteiger partial charge >= 0.3 is 0 Å². The summed E-state index contributed by atoms with van der Waals surface area (Å²) in [6.07, 6.45) is 1.65. The van der Waals surface area contributed by atoms with Crippen LogP contribution in [0.25, 0.3) is 0 Å². The standard InChI is InChI=1S/C9H20INO2S/c1-4-5-6-14(12,13)11-9(7-10)8(2)3/h8-9,11H,4-7H2,1-3H3. The average molecular weight is 333 g/mol. The molecular formula is C9H20INO2S. The zero-order valence-corrected chi connectivity index (χ0v) is 12.1. The maximum Gasteiger partial charge on any atom is 0.211 e. The Morgan fingerprint density at radius 2 is 1.93 bits per heavy atom. The number of hydrogen-bond acceptors (Lipinski definition) is 2. The Morgan fingerprint density at radius 3 is 2.29 bits per heavy atom. The lowest BCUT2D eigenvalue weighted by Crippen LogP contribution is -2.40. The summed E-state index contributed by atoms with van der Waals surface area (Å²) in [6, 6.07) is 0.0671. The van der Waals surface area contributed by atoms with Crippen molar-refractivity contribution in [1.29, 1.82) is 0 Å². The molecule has 0 aliphatic heterocycles. The van der Waals surface area contributed by atoms with Crippen LogP contribution in [0.5, 0.6) is 0 Å². The van der Waals surface area contributed by atoms with E-state index in [-0.39, 0.29) is 11.8 Å². The number of nitrogens with one attached hydrogen (secondary N) is 1. The number of hydrogen-bond donors (Lipinski definition) is 1. The third-order valence-corrected chi connectivity index (χ3v) is 4.51. The van der Waals surface area contributed by atoms with Crippen LogP contribution in [-0.2, 0) is 10.0 Å². The number of halogens is 1. The van der Waals surface area contributed by atoms with Gasteiger partial charge in [0.05, 0.1) is 5.75 Å². The highest BCUT2D eigenvalue weighted by molar-refractivity contribution is 14.1. The van der Waals surface area contributed by atoms with Gasteiger partial charge in [-0.15, -0.1) is 0 Å². The Kier molecular flexibility index (Phi) is 7.32. The molecule has 1 unspecified atom stereocenters. The van der Waals surface area contributed by atoms with Gasteiger partial charge in [0.25, 0.3) is 0 Å². The maximum atomic E-state index is 11.5. The quantitative estimate of drug-likeness (QED) is 0.573. The van der Waals surface area contributed by atoms with Gasteiger partial charge in [-0.2, -0.15) is 0 Å². The summed E-state index contributed by atoms with van der Waals surface area (Å²) in [7, 11) is -3.05. The fourth-order valence-corrected chi connectivity index (χ4v) is 4.11. The smallest absolute Gasteiger partial charge is 0.211 e. The molecule has 0 aromatic carbocycles. The second-order valence-corrected chi connectivity index (χ2v) is 6.55. The maximum absolute atomic E-state index is 11.5. The van der Waals surface area contributed by atoms with Gasteiger partial charge in [0.1, 0.15) is 0 Å². The van der Waals surface area contributed by atoms with Crippen LogP contribution in [0.1, 0.15) is 33.6 Å².